The number of benzene rings is 2. The summed E-state index contributed by atoms with van der Waals surface area (Å²) in [5, 5.41) is 0. The van der Waals surface area contributed by atoms with Crippen LogP contribution in [0.25, 0.3) is 6.08 Å². The van der Waals surface area contributed by atoms with E-state index in [0.717, 1.165) is 35.6 Å². The third-order valence-corrected chi connectivity index (χ3v) is 6.40. The average Bonchev–Trinajstić information content (AvgIpc) is 3.02. The standard InChI is InChI=1S/C25H29NO2S2/c1-3-4-5-6-7-10-17-28-21-15-13-20(14-16-21)18-23-24(27)26(25(29)30-23)22-12-9-8-11-19(22)2/h8-9,11-16,18H,3-7,10,17H2,1-2H3. The van der Waals surface area contributed by atoms with Gasteiger partial charge >= 0.3 is 0 Å². The Balaban J connectivity index is 1.56. The summed E-state index contributed by atoms with van der Waals surface area (Å²) in [5.41, 5.74) is 2.84. The summed E-state index contributed by atoms with van der Waals surface area (Å²) in [6, 6.07) is 15.7. The van der Waals surface area contributed by atoms with Gasteiger partial charge in [0.15, 0.2) is 4.32 Å². The van der Waals surface area contributed by atoms with E-state index >= 15 is 0 Å². The minimum Gasteiger partial charge on any atom is -0.494 e. The van der Waals surface area contributed by atoms with Gasteiger partial charge in [0.25, 0.3) is 5.91 Å². The molecular formula is C25H29NO2S2. The molecular weight excluding hydrogens is 410 g/mol. The predicted octanol–water partition coefficient (Wildman–Crippen LogP) is 7.14. The van der Waals surface area contributed by atoms with Crippen molar-refractivity contribution in [3.63, 3.8) is 0 Å². The third-order valence-electron chi connectivity index (χ3n) is 5.09. The zero-order valence-electron chi connectivity index (χ0n) is 17.7. The van der Waals surface area contributed by atoms with Gasteiger partial charge in [-0.15, -0.1) is 0 Å². The molecule has 1 amide bonds. The number of nitrogens with zero attached hydrogens (tertiary/aromatic N) is 1. The summed E-state index contributed by atoms with van der Waals surface area (Å²) >= 11 is 6.82. The molecule has 3 rings (SSSR count). The van der Waals surface area contributed by atoms with Crippen molar-refractivity contribution in [2.45, 2.75) is 52.4 Å². The first kappa shape index (κ1) is 22.6. The molecule has 3 nitrogen and oxygen atoms in total. The van der Waals surface area contributed by atoms with Gasteiger partial charge in [0, 0.05) is 0 Å². The fourth-order valence-electron chi connectivity index (χ4n) is 3.37. The lowest BCUT2D eigenvalue weighted by Gasteiger charge is -2.16. The highest BCUT2D eigenvalue weighted by atomic mass is 32.2. The molecule has 1 fully saturated rings. The van der Waals surface area contributed by atoms with Crippen LogP contribution in [0.1, 0.15) is 56.6 Å². The number of ether oxygens (including phenoxy) is 1. The Bertz CT molecular complexity index is 906. The number of amides is 1. The molecule has 0 N–H and O–H groups in total. The van der Waals surface area contributed by atoms with E-state index in [-0.39, 0.29) is 5.91 Å². The zero-order chi connectivity index (χ0) is 21.3. The number of para-hydroxylation sites is 1. The van der Waals surface area contributed by atoms with Crippen molar-refractivity contribution in [3.8, 4) is 5.75 Å². The van der Waals surface area contributed by atoms with E-state index in [1.807, 2.05) is 61.5 Å². The van der Waals surface area contributed by atoms with Crippen molar-refractivity contribution < 1.29 is 9.53 Å². The van der Waals surface area contributed by atoms with E-state index in [0.29, 0.717) is 9.23 Å². The second-order valence-corrected chi connectivity index (χ2v) is 9.16. The number of hydrogen-bond donors (Lipinski definition) is 0. The predicted molar refractivity (Wildman–Crippen MR) is 132 cm³/mol. The molecule has 1 heterocycles. The largest absolute Gasteiger partial charge is 0.494 e. The maximum absolute atomic E-state index is 12.9. The molecule has 0 spiro atoms. The van der Waals surface area contributed by atoms with Crippen LogP contribution in [0.5, 0.6) is 5.75 Å². The SMILES string of the molecule is CCCCCCCCOc1ccc(C=C2SC(=S)N(c3ccccc3C)C2=O)cc1. The molecule has 2 aromatic carbocycles. The van der Waals surface area contributed by atoms with Gasteiger partial charge in [0.05, 0.1) is 17.2 Å². The molecule has 5 heteroatoms. The summed E-state index contributed by atoms with van der Waals surface area (Å²) < 4.78 is 6.41. The Hall–Kier alpha value is -2.11. The van der Waals surface area contributed by atoms with Crippen LogP contribution in [0.15, 0.2) is 53.4 Å². The van der Waals surface area contributed by atoms with Gasteiger partial charge in [-0.25, -0.2) is 0 Å². The topological polar surface area (TPSA) is 29.5 Å². The zero-order valence-corrected chi connectivity index (χ0v) is 19.4. The van der Waals surface area contributed by atoms with Crippen LogP contribution in [-0.4, -0.2) is 16.8 Å². The molecule has 0 atom stereocenters. The van der Waals surface area contributed by atoms with Crippen LogP contribution >= 0.6 is 24.0 Å². The fraction of sp³-hybridized carbons (Fsp3) is 0.360. The van der Waals surface area contributed by atoms with Gasteiger partial charge in [-0.05, 0) is 48.7 Å². The van der Waals surface area contributed by atoms with E-state index in [2.05, 4.69) is 6.92 Å². The van der Waals surface area contributed by atoms with Crippen molar-refractivity contribution in [2.24, 2.45) is 0 Å². The van der Waals surface area contributed by atoms with Gasteiger partial charge in [0.2, 0.25) is 0 Å². The minimum absolute atomic E-state index is 0.0669. The fourth-order valence-corrected chi connectivity index (χ4v) is 4.66. The quantitative estimate of drug-likeness (QED) is 0.223. The van der Waals surface area contributed by atoms with Crippen molar-refractivity contribution in [1.29, 1.82) is 0 Å². The molecule has 1 saturated heterocycles. The maximum Gasteiger partial charge on any atom is 0.270 e. The molecule has 2 aromatic rings. The number of thioether (sulfide) groups is 1. The van der Waals surface area contributed by atoms with Gasteiger partial charge in [-0.1, -0.05) is 93.3 Å². The number of carbonyl (C=O) groups excluding carboxylic acids is 1. The Morgan fingerprint density at radius 1 is 1.00 bits per heavy atom. The van der Waals surface area contributed by atoms with E-state index in [4.69, 9.17) is 17.0 Å². The van der Waals surface area contributed by atoms with Gasteiger partial charge in [-0.2, -0.15) is 0 Å². The highest BCUT2D eigenvalue weighted by Crippen LogP contribution is 2.37. The Kier molecular flexibility index (Phi) is 8.52. The van der Waals surface area contributed by atoms with Crippen molar-refractivity contribution in [3.05, 3.63) is 64.6 Å². The first-order valence-electron chi connectivity index (χ1n) is 10.7. The highest BCUT2D eigenvalue weighted by Gasteiger charge is 2.33. The van der Waals surface area contributed by atoms with Gasteiger partial charge < -0.3 is 4.74 Å². The van der Waals surface area contributed by atoms with E-state index < -0.39 is 0 Å². The first-order valence-corrected chi connectivity index (χ1v) is 11.9. The van der Waals surface area contributed by atoms with Crippen molar-refractivity contribution in [1.82, 2.24) is 0 Å². The van der Waals surface area contributed by atoms with Crippen molar-refractivity contribution in [2.75, 3.05) is 11.5 Å². The summed E-state index contributed by atoms with van der Waals surface area (Å²) in [7, 11) is 0. The van der Waals surface area contributed by atoms with Gasteiger partial charge in [-0.3, -0.25) is 9.69 Å². The number of anilines is 1. The lowest BCUT2D eigenvalue weighted by molar-refractivity contribution is -0.113. The monoisotopic (exact) mass is 439 g/mol. The van der Waals surface area contributed by atoms with E-state index in [9.17, 15) is 4.79 Å². The molecule has 1 aliphatic heterocycles. The summed E-state index contributed by atoms with van der Waals surface area (Å²) in [6.45, 7) is 4.97. The lowest BCUT2D eigenvalue weighted by atomic mass is 10.1. The molecule has 0 aliphatic carbocycles. The van der Waals surface area contributed by atoms with Crippen molar-refractivity contribution >= 4 is 46.0 Å². The molecule has 158 valence electrons. The Morgan fingerprint density at radius 2 is 1.70 bits per heavy atom. The molecule has 0 saturated carbocycles. The molecule has 0 bridgehead atoms. The van der Waals surface area contributed by atoms with Crippen LogP contribution in [0.2, 0.25) is 0 Å². The molecule has 0 radical (unpaired) electrons. The average molecular weight is 440 g/mol. The number of unbranched alkanes of at least 4 members (excludes halogenated alkanes) is 5. The molecule has 30 heavy (non-hydrogen) atoms. The van der Waals surface area contributed by atoms with Crippen LogP contribution in [0.4, 0.5) is 5.69 Å². The van der Waals surface area contributed by atoms with Crippen LogP contribution < -0.4 is 9.64 Å². The summed E-state index contributed by atoms with van der Waals surface area (Å²) in [5.74, 6) is 0.802. The summed E-state index contributed by atoms with van der Waals surface area (Å²) in [4.78, 5) is 15.2. The molecule has 0 unspecified atom stereocenters. The lowest BCUT2D eigenvalue weighted by Crippen LogP contribution is -2.28. The summed E-state index contributed by atoms with van der Waals surface area (Å²) in [6.07, 6.45) is 9.42. The van der Waals surface area contributed by atoms with Crippen LogP contribution in [0.3, 0.4) is 0 Å². The number of aryl methyl sites for hydroxylation is 1. The minimum atomic E-state index is -0.0669. The van der Waals surface area contributed by atoms with Gasteiger partial charge in [0.1, 0.15) is 5.75 Å². The highest BCUT2D eigenvalue weighted by molar-refractivity contribution is 8.27. The van der Waals surface area contributed by atoms with Crippen LogP contribution in [-0.2, 0) is 4.79 Å². The van der Waals surface area contributed by atoms with Crippen LogP contribution in [0, 0.1) is 6.92 Å². The number of carbonyl (C=O) groups is 1. The maximum atomic E-state index is 12.9. The molecule has 0 aromatic heterocycles. The number of thiocarbonyl (C=S) groups is 1. The van der Waals surface area contributed by atoms with E-state index in [1.54, 1.807) is 4.90 Å². The smallest absolute Gasteiger partial charge is 0.270 e. The first-order chi connectivity index (χ1) is 14.6. The number of hydrogen-bond acceptors (Lipinski definition) is 4. The number of rotatable bonds is 10. The second kappa shape index (κ2) is 11.3. The second-order valence-electron chi connectivity index (χ2n) is 7.49. The molecule has 1 aliphatic rings. The Labute approximate surface area is 189 Å². The Morgan fingerprint density at radius 3 is 2.43 bits per heavy atom. The van der Waals surface area contributed by atoms with E-state index in [1.165, 1.54) is 43.9 Å². The normalized spacial score (nSPS) is 15.3. The third kappa shape index (κ3) is 5.96.